The second-order valence-electron chi connectivity index (χ2n) is 5.55. The van der Waals surface area contributed by atoms with Gasteiger partial charge in [-0.3, -0.25) is 0 Å². The van der Waals surface area contributed by atoms with Gasteiger partial charge in [0.25, 0.3) is 0 Å². The minimum atomic E-state index is 0.270. The molecule has 1 fully saturated rings. The maximum atomic E-state index is 8.84. The van der Waals surface area contributed by atoms with Gasteiger partial charge in [-0.05, 0) is 55.7 Å². The van der Waals surface area contributed by atoms with E-state index in [1.54, 1.807) is 0 Å². The third-order valence-corrected chi connectivity index (χ3v) is 4.02. The minimum absolute atomic E-state index is 0.270. The molecule has 0 saturated heterocycles. The molecule has 1 unspecified atom stereocenters. The van der Waals surface area contributed by atoms with Gasteiger partial charge in [0.1, 0.15) is 0 Å². The lowest BCUT2D eigenvalue weighted by Gasteiger charge is -2.22. The van der Waals surface area contributed by atoms with Crippen LogP contribution >= 0.6 is 0 Å². The van der Waals surface area contributed by atoms with Crippen molar-refractivity contribution in [3.05, 3.63) is 29.8 Å². The Bertz CT molecular complexity index is 371. The van der Waals surface area contributed by atoms with E-state index < -0.39 is 0 Å². The molecule has 0 bridgehead atoms. The molecule has 2 N–H and O–H groups in total. The fourth-order valence-electron chi connectivity index (χ4n) is 2.15. The van der Waals surface area contributed by atoms with E-state index in [1.807, 2.05) is 0 Å². The van der Waals surface area contributed by atoms with Crippen LogP contribution in [-0.2, 0) is 6.42 Å². The number of aryl methyl sites for hydroxylation is 1. The summed E-state index contributed by atoms with van der Waals surface area (Å²) in [7, 11) is 0. The van der Waals surface area contributed by atoms with Crippen molar-refractivity contribution >= 4 is 5.69 Å². The highest BCUT2D eigenvalue weighted by atomic mass is 16.2. The van der Waals surface area contributed by atoms with Crippen molar-refractivity contribution < 1.29 is 5.11 Å². The molecule has 1 aliphatic rings. The predicted octanol–water partition coefficient (Wildman–Crippen LogP) is 3.21. The number of anilines is 1. The Morgan fingerprint density at radius 2 is 2.18 bits per heavy atom. The molecule has 0 amide bonds. The van der Waals surface area contributed by atoms with Crippen molar-refractivity contribution in [1.29, 1.82) is 0 Å². The summed E-state index contributed by atoms with van der Waals surface area (Å²) in [6, 6.07) is 9.10. The fourth-order valence-corrected chi connectivity index (χ4v) is 2.15. The molecule has 1 aromatic carbocycles. The lowest BCUT2D eigenvalue weighted by atomic mass is 10.0. The van der Waals surface area contributed by atoms with Gasteiger partial charge in [-0.1, -0.05) is 19.1 Å². The van der Waals surface area contributed by atoms with Crippen LogP contribution in [0, 0.1) is 5.41 Å². The zero-order valence-corrected chi connectivity index (χ0v) is 10.9. The largest absolute Gasteiger partial charge is 0.396 e. The standard InChI is InChI=1S/C15H23NO/c1-12(15(2)8-9-15)16-14-7-3-5-13(11-14)6-4-10-17/h3,5,7,11-12,16-17H,4,6,8-10H2,1-2H3. The van der Waals surface area contributed by atoms with E-state index in [4.69, 9.17) is 5.11 Å². The molecule has 17 heavy (non-hydrogen) atoms. The molecular weight excluding hydrogens is 210 g/mol. The van der Waals surface area contributed by atoms with Gasteiger partial charge in [-0.25, -0.2) is 0 Å². The summed E-state index contributed by atoms with van der Waals surface area (Å²) in [5.74, 6) is 0. The topological polar surface area (TPSA) is 32.3 Å². The van der Waals surface area contributed by atoms with E-state index in [-0.39, 0.29) is 6.61 Å². The molecule has 2 nitrogen and oxygen atoms in total. The third kappa shape index (κ3) is 3.22. The van der Waals surface area contributed by atoms with Crippen molar-refractivity contribution in [2.45, 2.75) is 45.6 Å². The van der Waals surface area contributed by atoms with Crippen LogP contribution < -0.4 is 5.32 Å². The Hall–Kier alpha value is -1.02. The van der Waals surface area contributed by atoms with Gasteiger partial charge < -0.3 is 10.4 Å². The Morgan fingerprint density at radius 1 is 1.41 bits per heavy atom. The normalized spacial score (nSPS) is 18.8. The summed E-state index contributed by atoms with van der Waals surface area (Å²) in [6.07, 6.45) is 4.48. The lowest BCUT2D eigenvalue weighted by molar-refractivity contribution is 0.288. The maximum absolute atomic E-state index is 8.84. The average molecular weight is 233 g/mol. The SMILES string of the molecule is CC(Nc1cccc(CCCO)c1)C1(C)CC1. The Balaban J connectivity index is 1.96. The fraction of sp³-hybridized carbons (Fsp3) is 0.600. The van der Waals surface area contributed by atoms with Crippen LogP contribution in [0.15, 0.2) is 24.3 Å². The summed E-state index contributed by atoms with van der Waals surface area (Å²) in [4.78, 5) is 0. The van der Waals surface area contributed by atoms with E-state index >= 15 is 0 Å². The first-order chi connectivity index (χ1) is 8.14. The molecule has 0 aromatic heterocycles. The monoisotopic (exact) mass is 233 g/mol. The quantitative estimate of drug-likeness (QED) is 0.790. The summed E-state index contributed by atoms with van der Waals surface area (Å²) < 4.78 is 0. The number of benzene rings is 1. The second-order valence-corrected chi connectivity index (χ2v) is 5.55. The first-order valence-corrected chi connectivity index (χ1v) is 6.60. The molecule has 0 spiro atoms. The van der Waals surface area contributed by atoms with Gasteiger partial charge in [0.2, 0.25) is 0 Å². The van der Waals surface area contributed by atoms with Crippen LogP contribution in [-0.4, -0.2) is 17.8 Å². The molecule has 2 rings (SSSR count). The van der Waals surface area contributed by atoms with E-state index in [0.29, 0.717) is 11.5 Å². The lowest BCUT2D eigenvalue weighted by Crippen LogP contribution is -2.24. The van der Waals surface area contributed by atoms with Crippen molar-refractivity contribution in [3.63, 3.8) is 0 Å². The van der Waals surface area contributed by atoms with Gasteiger partial charge in [-0.2, -0.15) is 0 Å². The first-order valence-electron chi connectivity index (χ1n) is 6.60. The highest BCUT2D eigenvalue weighted by molar-refractivity contribution is 5.47. The molecule has 1 saturated carbocycles. The predicted molar refractivity (Wildman–Crippen MR) is 72.3 cm³/mol. The van der Waals surface area contributed by atoms with Crippen LogP contribution in [0.4, 0.5) is 5.69 Å². The maximum Gasteiger partial charge on any atom is 0.0434 e. The van der Waals surface area contributed by atoms with Gasteiger partial charge in [0, 0.05) is 18.3 Å². The molecule has 94 valence electrons. The summed E-state index contributed by atoms with van der Waals surface area (Å²) in [5.41, 5.74) is 3.01. The highest BCUT2D eigenvalue weighted by Gasteiger charge is 2.42. The van der Waals surface area contributed by atoms with E-state index in [0.717, 1.165) is 12.8 Å². The molecule has 0 aliphatic heterocycles. The van der Waals surface area contributed by atoms with Crippen LogP contribution in [0.2, 0.25) is 0 Å². The molecule has 0 radical (unpaired) electrons. The van der Waals surface area contributed by atoms with E-state index in [9.17, 15) is 0 Å². The van der Waals surface area contributed by atoms with Crippen LogP contribution in [0.5, 0.6) is 0 Å². The Kier molecular flexibility index (Phi) is 3.72. The average Bonchev–Trinajstić information content (AvgIpc) is 3.07. The summed E-state index contributed by atoms with van der Waals surface area (Å²) in [5, 5.41) is 12.4. The molecule has 1 aliphatic carbocycles. The Labute approximate surface area is 104 Å². The van der Waals surface area contributed by atoms with Crippen molar-refractivity contribution in [2.24, 2.45) is 5.41 Å². The van der Waals surface area contributed by atoms with Crippen molar-refractivity contribution in [1.82, 2.24) is 0 Å². The first kappa shape index (κ1) is 12.4. The number of hydrogen-bond acceptors (Lipinski definition) is 2. The molecular formula is C15H23NO. The second kappa shape index (κ2) is 5.09. The number of aliphatic hydroxyl groups is 1. The van der Waals surface area contributed by atoms with Crippen LogP contribution in [0.3, 0.4) is 0 Å². The van der Waals surface area contributed by atoms with Crippen molar-refractivity contribution in [3.8, 4) is 0 Å². The summed E-state index contributed by atoms with van der Waals surface area (Å²) >= 11 is 0. The molecule has 0 heterocycles. The third-order valence-electron chi connectivity index (χ3n) is 4.02. The molecule has 2 heteroatoms. The van der Waals surface area contributed by atoms with E-state index in [1.165, 1.54) is 24.1 Å². The minimum Gasteiger partial charge on any atom is -0.396 e. The zero-order chi connectivity index (χ0) is 12.3. The van der Waals surface area contributed by atoms with Gasteiger partial charge in [-0.15, -0.1) is 0 Å². The van der Waals surface area contributed by atoms with E-state index in [2.05, 4.69) is 43.4 Å². The van der Waals surface area contributed by atoms with Gasteiger partial charge in [0.15, 0.2) is 0 Å². The molecule has 1 aromatic rings. The molecule has 1 atom stereocenters. The number of nitrogens with one attached hydrogen (secondary N) is 1. The zero-order valence-electron chi connectivity index (χ0n) is 10.9. The summed E-state index contributed by atoms with van der Waals surface area (Å²) in [6.45, 7) is 4.89. The number of rotatable bonds is 6. The number of aliphatic hydroxyl groups excluding tert-OH is 1. The van der Waals surface area contributed by atoms with Crippen LogP contribution in [0.1, 0.15) is 38.7 Å². The van der Waals surface area contributed by atoms with Crippen molar-refractivity contribution in [2.75, 3.05) is 11.9 Å². The Morgan fingerprint density at radius 3 is 2.82 bits per heavy atom. The van der Waals surface area contributed by atoms with Crippen LogP contribution in [0.25, 0.3) is 0 Å². The number of hydrogen-bond donors (Lipinski definition) is 2. The highest BCUT2D eigenvalue weighted by Crippen LogP contribution is 2.48. The van der Waals surface area contributed by atoms with Gasteiger partial charge >= 0.3 is 0 Å². The smallest absolute Gasteiger partial charge is 0.0434 e. The van der Waals surface area contributed by atoms with Gasteiger partial charge in [0.05, 0.1) is 0 Å².